The molecule has 0 aliphatic carbocycles. The van der Waals surface area contributed by atoms with Crippen molar-refractivity contribution in [2.45, 2.75) is 13.0 Å². The molecule has 0 bridgehead atoms. The lowest BCUT2D eigenvalue weighted by molar-refractivity contribution is -0.120. The van der Waals surface area contributed by atoms with Gasteiger partial charge in [0.15, 0.2) is 0 Å². The van der Waals surface area contributed by atoms with Crippen molar-refractivity contribution in [3.8, 4) is 5.75 Å². The van der Waals surface area contributed by atoms with Crippen molar-refractivity contribution < 1.29 is 9.53 Å². The number of nitrogens with one attached hydrogen (secondary N) is 1. The molecule has 6 heteroatoms. The molecule has 0 radical (unpaired) electrons. The fraction of sp³-hybridized carbons (Fsp3) is 0.200. The molecule has 1 N–H and O–H groups in total. The third-order valence-electron chi connectivity index (χ3n) is 2.91. The number of ether oxygens (including phenoxy) is 1. The molecule has 0 unspecified atom stereocenters. The predicted molar refractivity (Wildman–Crippen MR) is 82.8 cm³/mol. The number of aromatic nitrogens is 1. The van der Waals surface area contributed by atoms with Gasteiger partial charge in [0.1, 0.15) is 5.75 Å². The van der Waals surface area contributed by atoms with E-state index >= 15 is 0 Å². The number of rotatable bonds is 5. The molecule has 2 rings (SSSR count). The van der Waals surface area contributed by atoms with Gasteiger partial charge >= 0.3 is 0 Å². The van der Waals surface area contributed by atoms with Gasteiger partial charge in [-0.25, -0.2) is 0 Å². The monoisotopic (exact) mass is 324 g/mol. The molecule has 0 atom stereocenters. The lowest BCUT2D eigenvalue weighted by Gasteiger charge is -2.09. The smallest absolute Gasteiger partial charge is 0.224 e. The molecule has 1 amide bonds. The van der Waals surface area contributed by atoms with E-state index in [0.29, 0.717) is 27.9 Å². The van der Waals surface area contributed by atoms with Crippen molar-refractivity contribution in [3.05, 3.63) is 57.8 Å². The van der Waals surface area contributed by atoms with Crippen molar-refractivity contribution in [2.24, 2.45) is 0 Å². The minimum atomic E-state index is -0.130. The second-order valence-electron chi connectivity index (χ2n) is 4.39. The Labute approximate surface area is 133 Å². The van der Waals surface area contributed by atoms with Gasteiger partial charge in [-0.05, 0) is 29.3 Å². The zero-order valence-corrected chi connectivity index (χ0v) is 12.9. The average molecular weight is 325 g/mol. The first-order valence-electron chi connectivity index (χ1n) is 6.27. The number of hydrogen-bond donors (Lipinski definition) is 1. The first-order valence-corrected chi connectivity index (χ1v) is 7.03. The molecule has 0 spiro atoms. The molecule has 0 aliphatic heterocycles. The molecule has 1 aromatic heterocycles. The van der Waals surface area contributed by atoms with Crippen LogP contribution in [0.1, 0.15) is 11.1 Å². The van der Waals surface area contributed by atoms with E-state index in [1.165, 1.54) is 7.11 Å². The highest BCUT2D eigenvalue weighted by Gasteiger charge is 2.11. The Morgan fingerprint density at radius 2 is 1.95 bits per heavy atom. The molecular weight excluding hydrogens is 311 g/mol. The van der Waals surface area contributed by atoms with Crippen LogP contribution in [0.3, 0.4) is 0 Å². The van der Waals surface area contributed by atoms with Crippen LogP contribution in [0.5, 0.6) is 5.75 Å². The summed E-state index contributed by atoms with van der Waals surface area (Å²) in [6.07, 6.45) is 3.52. The molecule has 110 valence electrons. The molecule has 4 nitrogen and oxygen atoms in total. The van der Waals surface area contributed by atoms with Crippen LogP contribution >= 0.6 is 23.2 Å². The van der Waals surface area contributed by atoms with Gasteiger partial charge < -0.3 is 10.1 Å². The summed E-state index contributed by atoms with van der Waals surface area (Å²) in [6, 6.07) is 6.94. The topological polar surface area (TPSA) is 51.2 Å². The fourth-order valence-electron chi connectivity index (χ4n) is 1.80. The molecule has 0 fully saturated rings. The SMILES string of the molecule is COc1cc(Cl)c(CC(=O)NCc2ccncc2)cc1Cl. The molecule has 0 saturated heterocycles. The van der Waals surface area contributed by atoms with E-state index in [0.717, 1.165) is 5.56 Å². The summed E-state index contributed by atoms with van der Waals surface area (Å²) < 4.78 is 5.07. The fourth-order valence-corrected chi connectivity index (χ4v) is 2.28. The van der Waals surface area contributed by atoms with Crippen LogP contribution in [0.15, 0.2) is 36.7 Å². The maximum Gasteiger partial charge on any atom is 0.224 e. The van der Waals surface area contributed by atoms with E-state index in [4.69, 9.17) is 27.9 Å². The van der Waals surface area contributed by atoms with Gasteiger partial charge in [-0.3, -0.25) is 9.78 Å². The molecule has 1 aromatic carbocycles. The van der Waals surface area contributed by atoms with Gasteiger partial charge in [0, 0.05) is 30.0 Å². The van der Waals surface area contributed by atoms with Crippen LogP contribution < -0.4 is 10.1 Å². The normalized spacial score (nSPS) is 10.2. The summed E-state index contributed by atoms with van der Waals surface area (Å²) in [7, 11) is 1.51. The summed E-state index contributed by atoms with van der Waals surface area (Å²) >= 11 is 12.2. The number of carbonyl (C=O) groups is 1. The zero-order valence-electron chi connectivity index (χ0n) is 11.4. The number of hydrogen-bond acceptors (Lipinski definition) is 3. The Morgan fingerprint density at radius 1 is 1.24 bits per heavy atom. The number of benzene rings is 1. The van der Waals surface area contributed by atoms with Crippen molar-refractivity contribution in [1.29, 1.82) is 0 Å². The number of pyridine rings is 1. The highest BCUT2D eigenvalue weighted by Crippen LogP contribution is 2.31. The third kappa shape index (κ3) is 4.34. The van der Waals surface area contributed by atoms with E-state index in [2.05, 4.69) is 10.3 Å². The van der Waals surface area contributed by atoms with Crippen molar-refractivity contribution >= 4 is 29.1 Å². The van der Waals surface area contributed by atoms with Crippen LogP contribution in [0.25, 0.3) is 0 Å². The summed E-state index contributed by atoms with van der Waals surface area (Å²) in [6.45, 7) is 0.447. The maximum atomic E-state index is 11.9. The first-order chi connectivity index (χ1) is 10.1. The van der Waals surface area contributed by atoms with Crippen LogP contribution in [0, 0.1) is 0 Å². The Bertz CT molecular complexity index is 633. The standard InChI is InChI=1S/C15H14Cl2N2O2/c1-21-14-8-12(16)11(6-13(14)17)7-15(20)19-9-10-2-4-18-5-3-10/h2-6,8H,7,9H2,1H3,(H,19,20). The van der Waals surface area contributed by atoms with E-state index in [1.807, 2.05) is 12.1 Å². The average Bonchev–Trinajstić information content (AvgIpc) is 2.49. The highest BCUT2D eigenvalue weighted by atomic mass is 35.5. The van der Waals surface area contributed by atoms with Gasteiger partial charge in [-0.2, -0.15) is 0 Å². The van der Waals surface area contributed by atoms with Crippen LogP contribution in [0.2, 0.25) is 10.0 Å². The first kappa shape index (κ1) is 15.6. The van der Waals surface area contributed by atoms with Crippen molar-refractivity contribution in [2.75, 3.05) is 7.11 Å². The van der Waals surface area contributed by atoms with Gasteiger partial charge in [0.25, 0.3) is 0 Å². The van der Waals surface area contributed by atoms with E-state index in [-0.39, 0.29) is 12.3 Å². The lowest BCUT2D eigenvalue weighted by atomic mass is 10.1. The Morgan fingerprint density at radius 3 is 2.62 bits per heavy atom. The number of methoxy groups -OCH3 is 1. The third-order valence-corrected chi connectivity index (χ3v) is 3.56. The van der Waals surface area contributed by atoms with Gasteiger partial charge in [0.2, 0.25) is 5.91 Å². The second-order valence-corrected chi connectivity index (χ2v) is 5.20. The van der Waals surface area contributed by atoms with Crippen molar-refractivity contribution in [1.82, 2.24) is 10.3 Å². The van der Waals surface area contributed by atoms with Crippen LogP contribution in [0.4, 0.5) is 0 Å². The van der Waals surface area contributed by atoms with Crippen molar-refractivity contribution in [3.63, 3.8) is 0 Å². The minimum Gasteiger partial charge on any atom is -0.495 e. The summed E-state index contributed by atoms with van der Waals surface area (Å²) in [5, 5.41) is 3.71. The summed E-state index contributed by atoms with van der Waals surface area (Å²) in [4.78, 5) is 15.9. The molecule has 0 aliphatic rings. The molecule has 21 heavy (non-hydrogen) atoms. The van der Waals surface area contributed by atoms with Gasteiger partial charge in [-0.1, -0.05) is 23.2 Å². The quantitative estimate of drug-likeness (QED) is 0.918. The zero-order chi connectivity index (χ0) is 15.2. The Hall–Kier alpha value is -1.78. The molecule has 1 heterocycles. The predicted octanol–water partition coefficient (Wildman–Crippen LogP) is 3.26. The van der Waals surface area contributed by atoms with Crippen LogP contribution in [-0.4, -0.2) is 18.0 Å². The highest BCUT2D eigenvalue weighted by molar-refractivity contribution is 6.34. The van der Waals surface area contributed by atoms with Gasteiger partial charge in [0.05, 0.1) is 18.6 Å². The Balaban J connectivity index is 1.98. The molecule has 0 saturated carbocycles. The number of carbonyl (C=O) groups excluding carboxylic acids is 1. The second kappa shape index (κ2) is 7.29. The summed E-state index contributed by atoms with van der Waals surface area (Å²) in [5.74, 6) is 0.359. The summed E-state index contributed by atoms with van der Waals surface area (Å²) in [5.41, 5.74) is 1.65. The van der Waals surface area contributed by atoms with E-state index in [9.17, 15) is 4.79 Å². The number of halogens is 2. The lowest BCUT2D eigenvalue weighted by Crippen LogP contribution is -2.24. The Kier molecular flexibility index (Phi) is 5.42. The largest absolute Gasteiger partial charge is 0.495 e. The maximum absolute atomic E-state index is 11.9. The van der Waals surface area contributed by atoms with E-state index in [1.54, 1.807) is 24.5 Å². The van der Waals surface area contributed by atoms with E-state index < -0.39 is 0 Å². The van der Waals surface area contributed by atoms with Crippen LogP contribution in [-0.2, 0) is 17.8 Å². The number of nitrogens with zero attached hydrogens (tertiary/aromatic N) is 1. The minimum absolute atomic E-state index is 0.130. The molecule has 2 aromatic rings. The number of amides is 1. The molecular formula is C15H14Cl2N2O2. The van der Waals surface area contributed by atoms with Gasteiger partial charge in [-0.15, -0.1) is 0 Å².